The van der Waals surface area contributed by atoms with Crippen LogP contribution in [0.1, 0.15) is 48.5 Å². The third-order valence-corrected chi connectivity index (χ3v) is 4.49. The van der Waals surface area contributed by atoms with Crippen molar-refractivity contribution >= 4 is 22.3 Å². The maximum atomic E-state index is 11.4. The van der Waals surface area contributed by atoms with Crippen LogP contribution in [0.4, 0.5) is 5.13 Å². The number of carbonyl (C=O) groups is 1. The molecule has 1 aromatic rings. The number of nitrogens with zero attached hydrogens (tertiary/aromatic N) is 2. The number of rotatable bonds is 3. The number of aryl methyl sites for hydroxylation is 1. The third-order valence-electron chi connectivity index (χ3n) is 3.20. The second kappa shape index (κ2) is 4.53. The summed E-state index contributed by atoms with van der Waals surface area (Å²) in [6.07, 6.45) is 3.66. The van der Waals surface area contributed by atoms with Crippen molar-refractivity contribution in [3.63, 3.8) is 0 Å². The Morgan fingerprint density at radius 2 is 2.38 bits per heavy atom. The molecule has 2 heterocycles. The van der Waals surface area contributed by atoms with Gasteiger partial charge in [-0.3, -0.25) is 4.79 Å². The molecule has 0 saturated carbocycles. The van der Waals surface area contributed by atoms with Crippen molar-refractivity contribution in [2.75, 3.05) is 11.4 Å². The van der Waals surface area contributed by atoms with Gasteiger partial charge in [-0.2, -0.15) is 0 Å². The first kappa shape index (κ1) is 11.6. The maximum absolute atomic E-state index is 11.4. The van der Waals surface area contributed by atoms with Gasteiger partial charge >= 0.3 is 0 Å². The van der Waals surface area contributed by atoms with Crippen molar-refractivity contribution in [3.05, 3.63) is 10.6 Å². The molecule has 0 N–H and O–H groups in total. The highest BCUT2D eigenvalue weighted by Crippen LogP contribution is 2.32. The molecule has 1 saturated heterocycles. The van der Waals surface area contributed by atoms with Gasteiger partial charge in [-0.15, -0.1) is 0 Å². The van der Waals surface area contributed by atoms with Gasteiger partial charge in [0.2, 0.25) is 0 Å². The molecule has 0 aromatic carbocycles. The van der Waals surface area contributed by atoms with Crippen molar-refractivity contribution < 1.29 is 4.79 Å². The zero-order valence-corrected chi connectivity index (χ0v) is 10.9. The van der Waals surface area contributed by atoms with Gasteiger partial charge in [0.15, 0.2) is 10.9 Å². The van der Waals surface area contributed by atoms with Crippen molar-refractivity contribution in [2.45, 2.75) is 46.1 Å². The number of thiazole rings is 1. The van der Waals surface area contributed by atoms with E-state index in [2.05, 4.69) is 16.8 Å². The normalized spacial score (nSPS) is 20.4. The molecule has 1 atom stereocenters. The fraction of sp³-hybridized carbons (Fsp3) is 0.667. The lowest BCUT2D eigenvalue weighted by molar-refractivity contribution is 0.102. The molecule has 4 heteroatoms. The molecule has 1 unspecified atom stereocenters. The summed E-state index contributed by atoms with van der Waals surface area (Å²) in [6.45, 7) is 6.84. The van der Waals surface area contributed by atoms with Crippen LogP contribution in [0, 0.1) is 6.92 Å². The van der Waals surface area contributed by atoms with Crippen molar-refractivity contribution in [3.8, 4) is 0 Å². The zero-order valence-electron chi connectivity index (χ0n) is 10.1. The fourth-order valence-corrected chi connectivity index (χ4v) is 3.40. The van der Waals surface area contributed by atoms with Crippen LogP contribution in [-0.4, -0.2) is 23.4 Å². The van der Waals surface area contributed by atoms with Crippen molar-refractivity contribution in [1.82, 2.24) is 4.98 Å². The fourth-order valence-electron chi connectivity index (χ4n) is 2.34. The SMILES string of the molecule is CCC1CCCN1c1nc(C)c(C(C)=O)s1. The summed E-state index contributed by atoms with van der Waals surface area (Å²) in [7, 11) is 0. The summed E-state index contributed by atoms with van der Waals surface area (Å²) in [5.41, 5.74) is 0.884. The molecule has 1 aliphatic rings. The van der Waals surface area contributed by atoms with E-state index in [1.165, 1.54) is 12.8 Å². The lowest BCUT2D eigenvalue weighted by Crippen LogP contribution is -2.28. The monoisotopic (exact) mass is 238 g/mol. The van der Waals surface area contributed by atoms with Crippen LogP contribution in [0.5, 0.6) is 0 Å². The van der Waals surface area contributed by atoms with Crippen molar-refractivity contribution in [2.24, 2.45) is 0 Å². The Bertz CT molecular complexity index is 400. The Kier molecular flexibility index (Phi) is 3.28. The molecule has 0 spiro atoms. The van der Waals surface area contributed by atoms with E-state index >= 15 is 0 Å². The van der Waals surface area contributed by atoms with Gasteiger partial charge in [-0.1, -0.05) is 18.3 Å². The van der Waals surface area contributed by atoms with E-state index in [0.717, 1.165) is 28.7 Å². The highest BCUT2D eigenvalue weighted by atomic mass is 32.1. The van der Waals surface area contributed by atoms with Crippen LogP contribution in [0.25, 0.3) is 0 Å². The standard InChI is InChI=1S/C12H18N2OS/c1-4-10-6-5-7-14(10)12-13-8(2)11(16-12)9(3)15/h10H,4-7H2,1-3H3. The Labute approximate surface area is 100 Å². The van der Waals surface area contributed by atoms with Gasteiger partial charge in [0.1, 0.15) is 0 Å². The van der Waals surface area contributed by atoms with Crippen molar-refractivity contribution in [1.29, 1.82) is 0 Å². The van der Waals surface area contributed by atoms with Gasteiger partial charge in [-0.05, 0) is 26.2 Å². The molecule has 0 bridgehead atoms. The van der Waals surface area contributed by atoms with E-state index in [4.69, 9.17) is 0 Å². The highest BCUT2D eigenvalue weighted by Gasteiger charge is 2.26. The summed E-state index contributed by atoms with van der Waals surface area (Å²) in [5.74, 6) is 0.133. The Morgan fingerprint density at radius 3 is 2.94 bits per heavy atom. The van der Waals surface area contributed by atoms with Crippen LogP contribution in [0.2, 0.25) is 0 Å². The number of carbonyl (C=O) groups excluding carboxylic acids is 1. The predicted octanol–water partition coefficient (Wildman–Crippen LogP) is 3.03. The van der Waals surface area contributed by atoms with E-state index < -0.39 is 0 Å². The molecule has 0 radical (unpaired) electrons. The van der Waals surface area contributed by atoms with Crippen LogP contribution >= 0.6 is 11.3 Å². The molecule has 0 amide bonds. The number of Topliss-reactive ketones (excluding diaryl/α,β-unsaturated/α-hetero) is 1. The van der Waals surface area contributed by atoms with Gasteiger partial charge in [-0.25, -0.2) is 4.98 Å². The van der Waals surface area contributed by atoms with E-state index in [1.54, 1.807) is 18.3 Å². The minimum atomic E-state index is 0.133. The minimum Gasteiger partial charge on any atom is -0.345 e. The quantitative estimate of drug-likeness (QED) is 0.759. The van der Waals surface area contributed by atoms with Gasteiger partial charge < -0.3 is 4.90 Å². The molecule has 0 aliphatic carbocycles. The largest absolute Gasteiger partial charge is 0.345 e. The average molecular weight is 238 g/mol. The Balaban J connectivity index is 2.27. The molecule has 1 aliphatic heterocycles. The molecule has 2 rings (SSSR count). The number of ketones is 1. The van der Waals surface area contributed by atoms with Crippen LogP contribution in [0.3, 0.4) is 0 Å². The van der Waals surface area contributed by atoms with E-state index in [1.807, 2.05) is 6.92 Å². The summed E-state index contributed by atoms with van der Waals surface area (Å²) in [4.78, 5) is 19.1. The average Bonchev–Trinajstić information content (AvgIpc) is 2.82. The van der Waals surface area contributed by atoms with E-state index in [-0.39, 0.29) is 5.78 Å². The maximum Gasteiger partial charge on any atom is 0.186 e. The number of aromatic nitrogens is 1. The number of anilines is 1. The molecule has 1 fully saturated rings. The Hall–Kier alpha value is -0.900. The van der Waals surface area contributed by atoms with Crippen LogP contribution < -0.4 is 4.90 Å². The number of hydrogen-bond donors (Lipinski definition) is 0. The molecule has 88 valence electrons. The van der Waals surface area contributed by atoms with Crippen LogP contribution in [-0.2, 0) is 0 Å². The summed E-state index contributed by atoms with van der Waals surface area (Å²) < 4.78 is 0. The molecule has 16 heavy (non-hydrogen) atoms. The summed E-state index contributed by atoms with van der Waals surface area (Å²) in [5, 5.41) is 1.03. The van der Waals surface area contributed by atoms with Gasteiger partial charge in [0.25, 0.3) is 0 Å². The zero-order chi connectivity index (χ0) is 11.7. The molecular weight excluding hydrogens is 220 g/mol. The number of hydrogen-bond acceptors (Lipinski definition) is 4. The van der Waals surface area contributed by atoms with Gasteiger partial charge in [0.05, 0.1) is 10.6 Å². The second-order valence-corrected chi connectivity index (χ2v) is 5.34. The lowest BCUT2D eigenvalue weighted by atomic mass is 10.2. The summed E-state index contributed by atoms with van der Waals surface area (Å²) in [6, 6.07) is 0.616. The molecule has 3 nitrogen and oxygen atoms in total. The Morgan fingerprint density at radius 1 is 1.62 bits per heavy atom. The first-order valence-electron chi connectivity index (χ1n) is 5.88. The van der Waals surface area contributed by atoms with Gasteiger partial charge in [0, 0.05) is 19.5 Å². The minimum absolute atomic E-state index is 0.133. The first-order chi connectivity index (χ1) is 7.63. The smallest absolute Gasteiger partial charge is 0.186 e. The van der Waals surface area contributed by atoms with E-state index in [0.29, 0.717) is 6.04 Å². The molecule has 1 aromatic heterocycles. The third kappa shape index (κ3) is 1.98. The van der Waals surface area contributed by atoms with Crippen LogP contribution in [0.15, 0.2) is 0 Å². The second-order valence-electron chi connectivity index (χ2n) is 4.36. The first-order valence-corrected chi connectivity index (χ1v) is 6.70. The summed E-state index contributed by atoms with van der Waals surface area (Å²) >= 11 is 1.55. The highest BCUT2D eigenvalue weighted by molar-refractivity contribution is 7.17. The topological polar surface area (TPSA) is 33.2 Å². The predicted molar refractivity (Wildman–Crippen MR) is 67.5 cm³/mol. The van der Waals surface area contributed by atoms with E-state index in [9.17, 15) is 4.79 Å². The molecular formula is C12H18N2OS. The lowest BCUT2D eigenvalue weighted by Gasteiger charge is -2.22.